The van der Waals surface area contributed by atoms with Gasteiger partial charge in [0.25, 0.3) is 0 Å². The molecule has 1 aliphatic carbocycles. The lowest BCUT2D eigenvalue weighted by Gasteiger charge is -2.33. The zero-order valence-electron chi connectivity index (χ0n) is 12.8. The van der Waals surface area contributed by atoms with Crippen LogP contribution in [0, 0.1) is 5.92 Å². The topological polar surface area (TPSA) is 53.6 Å². The second-order valence-corrected chi connectivity index (χ2v) is 6.54. The van der Waals surface area contributed by atoms with E-state index >= 15 is 0 Å². The number of nitrogens with one attached hydrogen (secondary N) is 2. The lowest BCUT2D eigenvalue weighted by Crippen LogP contribution is -2.50. The molecule has 21 heavy (non-hydrogen) atoms. The summed E-state index contributed by atoms with van der Waals surface area (Å²) in [6, 6.07) is 1.25. The van der Waals surface area contributed by atoms with Crippen molar-refractivity contribution in [2.45, 2.75) is 50.8 Å². The highest BCUT2D eigenvalue weighted by atomic mass is 35.5. The zero-order chi connectivity index (χ0) is 13.9. The van der Waals surface area contributed by atoms with Gasteiger partial charge in [-0.05, 0) is 39.2 Å². The molecule has 3 aliphatic rings. The maximum absolute atomic E-state index is 12.2. The summed E-state index contributed by atoms with van der Waals surface area (Å²) in [4.78, 5) is 14.7. The molecule has 3 fully saturated rings. The minimum Gasteiger partial charge on any atom is -0.374 e. The molecule has 5 nitrogen and oxygen atoms in total. The zero-order valence-corrected chi connectivity index (χ0v) is 13.7. The minimum atomic E-state index is 0. The molecule has 122 valence electrons. The maximum atomic E-state index is 12.2. The Morgan fingerprint density at radius 3 is 2.90 bits per heavy atom. The average Bonchev–Trinajstić information content (AvgIpc) is 3.30. The Kier molecular flexibility index (Phi) is 6.29. The molecule has 0 spiro atoms. The Morgan fingerprint density at radius 1 is 1.38 bits per heavy atom. The van der Waals surface area contributed by atoms with Gasteiger partial charge in [-0.15, -0.1) is 12.4 Å². The molecule has 0 aromatic rings. The van der Waals surface area contributed by atoms with E-state index in [9.17, 15) is 4.79 Å². The van der Waals surface area contributed by atoms with E-state index in [1.54, 1.807) is 0 Å². The van der Waals surface area contributed by atoms with Crippen LogP contribution in [0.25, 0.3) is 0 Å². The normalized spacial score (nSPS) is 34.0. The van der Waals surface area contributed by atoms with Crippen molar-refractivity contribution < 1.29 is 9.53 Å². The van der Waals surface area contributed by atoms with Gasteiger partial charge in [-0.1, -0.05) is 0 Å². The number of carbonyl (C=O) groups is 1. The average molecular weight is 318 g/mol. The number of carbonyl (C=O) groups excluding carboxylic acids is 1. The van der Waals surface area contributed by atoms with E-state index in [2.05, 4.69) is 22.5 Å². The number of rotatable bonds is 4. The lowest BCUT2D eigenvalue weighted by atomic mass is 9.92. The van der Waals surface area contributed by atoms with Gasteiger partial charge in [0.1, 0.15) is 0 Å². The molecule has 2 N–H and O–H groups in total. The predicted octanol–water partition coefficient (Wildman–Crippen LogP) is 0.776. The van der Waals surface area contributed by atoms with Crippen molar-refractivity contribution in [3.63, 3.8) is 0 Å². The number of hydrogen-bond acceptors (Lipinski definition) is 4. The summed E-state index contributed by atoms with van der Waals surface area (Å²) in [7, 11) is 0. The first-order valence-corrected chi connectivity index (χ1v) is 8.09. The van der Waals surface area contributed by atoms with Crippen LogP contribution in [0.5, 0.6) is 0 Å². The third kappa shape index (κ3) is 4.81. The van der Waals surface area contributed by atoms with Gasteiger partial charge in [-0.25, -0.2) is 0 Å². The largest absolute Gasteiger partial charge is 0.374 e. The molecular formula is C15H28ClN3O2. The van der Waals surface area contributed by atoms with Gasteiger partial charge >= 0.3 is 0 Å². The number of hydrogen-bond donors (Lipinski definition) is 2. The van der Waals surface area contributed by atoms with E-state index in [1.807, 2.05) is 0 Å². The van der Waals surface area contributed by atoms with Gasteiger partial charge in [-0.3, -0.25) is 9.69 Å². The molecule has 3 atom stereocenters. The van der Waals surface area contributed by atoms with E-state index in [-0.39, 0.29) is 30.3 Å². The molecule has 0 aromatic carbocycles. The van der Waals surface area contributed by atoms with E-state index in [0.717, 1.165) is 45.1 Å². The molecule has 1 unspecified atom stereocenters. The third-order valence-corrected chi connectivity index (χ3v) is 4.73. The van der Waals surface area contributed by atoms with E-state index < -0.39 is 0 Å². The SMILES string of the molecule is C[C@H]1C[C@@H](C(=O)NCC2CN(C3CC3)CCO2)CCN1.Cl. The van der Waals surface area contributed by atoms with Crippen molar-refractivity contribution in [3.8, 4) is 0 Å². The first-order valence-electron chi connectivity index (χ1n) is 8.09. The van der Waals surface area contributed by atoms with Crippen LogP contribution >= 0.6 is 12.4 Å². The van der Waals surface area contributed by atoms with Crippen LogP contribution in [0.1, 0.15) is 32.6 Å². The van der Waals surface area contributed by atoms with Gasteiger partial charge in [0.2, 0.25) is 5.91 Å². The van der Waals surface area contributed by atoms with Crippen LogP contribution < -0.4 is 10.6 Å². The van der Waals surface area contributed by atoms with E-state index in [0.29, 0.717) is 12.6 Å². The van der Waals surface area contributed by atoms with Crippen LogP contribution in [0.2, 0.25) is 0 Å². The molecule has 0 aromatic heterocycles. The first-order chi connectivity index (χ1) is 9.72. The molecule has 0 bridgehead atoms. The van der Waals surface area contributed by atoms with Gasteiger partial charge in [0.15, 0.2) is 0 Å². The van der Waals surface area contributed by atoms with Gasteiger partial charge in [0, 0.05) is 37.6 Å². The minimum absolute atomic E-state index is 0. The summed E-state index contributed by atoms with van der Waals surface area (Å²) in [5, 5.41) is 6.49. The van der Waals surface area contributed by atoms with Crippen molar-refractivity contribution in [3.05, 3.63) is 0 Å². The first kappa shape index (κ1) is 17.0. The summed E-state index contributed by atoms with van der Waals surface area (Å²) in [6.07, 6.45) is 4.76. The maximum Gasteiger partial charge on any atom is 0.223 e. The number of halogens is 1. The Balaban J connectivity index is 0.00000161. The summed E-state index contributed by atoms with van der Waals surface area (Å²) < 4.78 is 5.78. The van der Waals surface area contributed by atoms with Crippen LogP contribution in [-0.4, -0.2) is 61.8 Å². The molecular weight excluding hydrogens is 290 g/mol. The van der Waals surface area contributed by atoms with Crippen molar-refractivity contribution >= 4 is 18.3 Å². The van der Waals surface area contributed by atoms with Crippen molar-refractivity contribution in [2.75, 3.05) is 32.8 Å². The smallest absolute Gasteiger partial charge is 0.223 e. The summed E-state index contributed by atoms with van der Waals surface area (Å²) in [5.41, 5.74) is 0. The predicted molar refractivity (Wildman–Crippen MR) is 84.8 cm³/mol. The quantitative estimate of drug-likeness (QED) is 0.804. The summed E-state index contributed by atoms with van der Waals surface area (Å²) in [6.45, 7) is 6.61. The highest BCUT2D eigenvalue weighted by Gasteiger charge is 2.33. The molecule has 1 saturated carbocycles. The molecule has 3 rings (SSSR count). The Labute approximate surface area is 133 Å². The fraction of sp³-hybridized carbons (Fsp3) is 0.933. The number of amides is 1. The van der Waals surface area contributed by atoms with Crippen molar-refractivity contribution in [2.24, 2.45) is 5.92 Å². The Morgan fingerprint density at radius 2 is 2.19 bits per heavy atom. The number of morpholine rings is 1. The van der Waals surface area contributed by atoms with E-state index in [1.165, 1.54) is 12.8 Å². The van der Waals surface area contributed by atoms with Crippen molar-refractivity contribution in [1.82, 2.24) is 15.5 Å². The summed E-state index contributed by atoms with van der Waals surface area (Å²) in [5.74, 6) is 0.389. The Hall–Kier alpha value is -0.360. The fourth-order valence-electron chi connectivity index (χ4n) is 3.37. The third-order valence-electron chi connectivity index (χ3n) is 4.73. The lowest BCUT2D eigenvalue weighted by molar-refractivity contribution is -0.127. The van der Waals surface area contributed by atoms with Gasteiger partial charge < -0.3 is 15.4 Å². The highest BCUT2D eigenvalue weighted by Crippen LogP contribution is 2.28. The molecule has 2 aliphatic heterocycles. The number of ether oxygens (including phenoxy) is 1. The monoisotopic (exact) mass is 317 g/mol. The van der Waals surface area contributed by atoms with E-state index in [4.69, 9.17) is 4.74 Å². The molecule has 2 heterocycles. The number of nitrogens with zero attached hydrogens (tertiary/aromatic N) is 1. The molecule has 0 radical (unpaired) electrons. The Bertz CT molecular complexity index is 352. The van der Waals surface area contributed by atoms with Crippen LogP contribution in [-0.2, 0) is 9.53 Å². The highest BCUT2D eigenvalue weighted by molar-refractivity contribution is 5.85. The second-order valence-electron chi connectivity index (χ2n) is 6.54. The van der Waals surface area contributed by atoms with Crippen LogP contribution in [0.3, 0.4) is 0 Å². The molecule has 2 saturated heterocycles. The van der Waals surface area contributed by atoms with Gasteiger partial charge in [-0.2, -0.15) is 0 Å². The van der Waals surface area contributed by atoms with Gasteiger partial charge in [0.05, 0.1) is 12.7 Å². The van der Waals surface area contributed by atoms with Crippen molar-refractivity contribution in [1.29, 1.82) is 0 Å². The van der Waals surface area contributed by atoms with Crippen LogP contribution in [0.15, 0.2) is 0 Å². The molecule has 6 heteroatoms. The fourth-order valence-corrected chi connectivity index (χ4v) is 3.37. The van der Waals surface area contributed by atoms with Crippen LogP contribution in [0.4, 0.5) is 0 Å². The second kappa shape index (κ2) is 7.77. The number of piperidine rings is 1. The summed E-state index contributed by atoms with van der Waals surface area (Å²) >= 11 is 0. The molecule has 1 amide bonds. The standard InChI is InChI=1S/C15H27N3O2.ClH/c1-11-8-12(4-5-16-11)15(19)17-9-14-10-18(6-7-20-14)13-2-3-13;/h11-14,16H,2-10H2,1H3,(H,17,19);1H/t11-,12-,14?;/m0./s1.